The zero-order valence-corrected chi connectivity index (χ0v) is 31.6. The predicted molar refractivity (Wildman–Crippen MR) is 237 cm³/mol. The van der Waals surface area contributed by atoms with E-state index in [2.05, 4.69) is 78.9 Å². The van der Waals surface area contributed by atoms with Gasteiger partial charge >= 0.3 is 0 Å². The van der Waals surface area contributed by atoms with Gasteiger partial charge in [0, 0.05) is 44.5 Å². The van der Waals surface area contributed by atoms with Crippen LogP contribution in [0.1, 0.15) is 31.8 Å². The molecule has 0 aliphatic rings. The highest BCUT2D eigenvalue weighted by atomic mass is 16.1. The third-order valence-corrected chi connectivity index (χ3v) is 10.5. The number of benzene rings is 8. The summed E-state index contributed by atoms with van der Waals surface area (Å²) in [5.74, 6) is -0.160. The number of aromatic nitrogens is 1. The number of carbonyl (C=O) groups excluding carboxylic acids is 2. The van der Waals surface area contributed by atoms with Crippen LogP contribution in [-0.2, 0) is 0 Å². The summed E-state index contributed by atoms with van der Waals surface area (Å²) in [5.41, 5.74) is 13.1. The first kappa shape index (κ1) is 35.9. The van der Waals surface area contributed by atoms with Gasteiger partial charge in [0.15, 0.2) is 11.6 Å². The number of pyridine rings is 1. The van der Waals surface area contributed by atoms with Crippen LogP contribution in [-0.4, -0.2) is 16.6 Å². The number of hydrogen-bond acceptors (Lipinski definition) is 3. The molecule has 0 aliphatic heterocycles. The molecule has 0 radical (unpaired) electrons. The first-order chi connectivity index (χ1) is 28.6. The van der Waals surface area contributed by atoms with Crippen LogP contribution in [0, 0.1) is 0 Å². The Hall–Kier alpha value is -7.75. The van der Waals surface area contributed by atoms with Gasteiger partial charge in [-0.1, -0.05) is 218 Å². The lowest BCUT2D eigenvalue weighted by atomic mass is 9.86. The first-order valence-corrected chi connectivity index (χ1v) is 19.4. The van der Waals surface area contributed by atoms with Crippen LogP contribution in [0.5, 0.6) is 0 Å². The molecule has 8 aromatic carbocycles. The first-order valence-electron chi connectivity index (χ1n) is 19.4. The van der Waals surface area contributed by atoms with Gasteiger partial charge in [0.2, 0.25) is 0 Å². The predicted octanol–water partition coefficient (Wildman–Crippen LogP) is 13.5. The van der Waals surface area contributed by atoms with Gasteiger partial charge in [-0.05, 0) is 39.4 Å². The Morgan fingerprint density at radius 1 is 0.276 bits per heavy atom. The molecule has 0 amide bonds. The molecule has 0 bridgehead atoms. The van der Waals surface area contributed by atoms with Crippen LogP contribution in [0.3, 0.4) is 0 Å². The summed E-state index contributed by atoms with van der Waals surface area (Å²) in [7, 11) is 0. The topological polar surface area (TPSA) is 47.0 Å². The number of rotatable bonds is 10. The van der Waals surface area contributed by atoms with Gasteiger partial charge in [-0.15, -0.1) is 0 Å². The van der Waals surface area contributed by atoms with Crippen LogP contribution in [0.15, 0.2) is 224 Å². The second-order valence-electron chi connectivity index (χ2n) is 14.1. The maximum atomic E-state index is 14.3. The number of hydrogen-bond donors (Lipinski definition) is 0. The Morgan fingerprint density at radius 2 is 0.569 bits per heavy atom. The lowest BCUT2D eigenvalue weighted by Crippen LogP contribution is -2.06. The number of ketones is 2. The molecule has 1 aromatic heterocycles. The average Bonchev–Trinajstić information content (AvgIpc) is 3.32. The third-order valence-electron chi connectivity index (χ3n) is 10.5. The van der Waals surface area contributed by atoms with Gasteiger partial charge in [-0.25, -0.2) is 4.98 Å². The van der Waals surface area contributed by atoms with Gasteiger partial charge in [-0.2, -0.15) is 0 Å². The summed E-state index contributed by atoms with van der Waals surface area (Å²) in [6, 6.07) is 73.8. The van der Waals surface area contributed by atoms with E-state index in [0.29, 0.717) is 22.3 Å². The summed E-state index contributed by atoms with van der Waals surface area (Å²) < 4.78 is 0. The molecule has 9 aromatic rings. The van der Waals surface area contributed by atoms with Crippen molar-refractivity contribution in [2.45, 2.75) is 0 Å². The summed E-state index contributed by atoms with van der Waals surface area (Å²) in [6.07, 6.45) is 0. The minimum Gasteiger partial charge on any atom is -0.289 e. The van der Waals surface area contributed by atoms with Crippen LogP contribution >= 0.6 is 0 Å². The molecule has 0 saturated carbocycles. The molecule has 1 heterocycles. The van der Waals surface area contributed by atoms with E-state index in [0.717, 1.165) is 67.0 Å². The largest absolute Gasteiger partial charge is 0.289 e. The van der Waals surface area contributed by atoms with E-state index in [9.17, 15) is 9.59 Å². The Labute approximate surface area is 338 Å². The highest BCUT2D eigenvalue weighted by Crippen LogP contribution is 2.43. The fraction of sp³-hybridized carbons (Fsp3) is 0. The zero-order chi connectivity index (χ0) is 39.3. The molecular weight excluding hydrogens is 707 g/mol. The fourth-order valence-corrected chi connectivity index (χ4v) is 7.59. The van der Waals surface area contributed by atoms with Crippen molar-refractivity contribution in [3.05, 3.63) is 247 Å². The summed E-state index contributed by atoms with van der Waals surface area (Å²) in [6.45, 7) is 0. The monoisotopic (exact) mass is 743 g/mol. The van der Waals surface area contributed by atoms with Gasteiger partial charge in [-0.3, -0.25) is 9.59 Å². The highest BCUT2D eigenvalue weighted by molar-refractivity contribution is 6.15. The lowest BCUT2D eigenvalue weighted by Gasteiger charge is -2.20. The van der Waals surface area contributed by atoms with Gasteiger partial charge in [0.1, 0.15) is 0 Å². The highest BCUT2D eigenvalue weighted by Gasteiger charge is 2.24. The van der Waals surface area contributed by atoms with Gasteiger partial charge < -0.3 is 0 Å². The van der Waals surface area contributed by atoms with E-state index < -0.39 is 0 Å². The fourth-order valence-electron chi connectivity index (χ4n) is 7.59. The average molecular weight is 744 g/mol. The van der Waals surface area contributed by atoms with Crippen molar-refractivity contribution >= 4 is 11.6 Å². The molecule has 274 valence electrons. The minimum absolute atomic E-state index is 0.0802. The minimum atomic E-state index is -0.0802. The second-order valence-corrected chi connectivity index (χ2v) is 14.1. The second kappa shape index (κ2) is 16.2. The van der Waals surface area contributed by atoms with Gasteiger partial charge in [0.05, 0.1) is 11.4 Å². The van der Waals surface area contributed by atoms with Crippen molar-refractivity contribution in [1.82, 2.24) is 4.98 Å². The quantitative estimate of drug-likeness (QED) is 0.131. The summed E-state index contributed by atoms with van der Waals surface area (Å²) in [4.78, 5) is 34.2. The molecule has 0 aliphatic carbocycles. The van der Waals surface area contributed by atoms with Crippen molar-refractivity contribution in [1.29, 1.82) is 0 Å². The third kappa shape index (κ3) is 7.21. The molecular formula is C55H37NO2. The zero-order valence-electron chi connectivity index (χ0n) is 31.6. The molecule has 3 heteroatoms. The Balaban J connectivity index is 1.31. The van der Waals surface area contributed by atoms with E-state index in [-0.39, 0.29) is 11.6 Å². The van der Waals surface area contributed by atoms with Crippen LogP contribution < -0.4 is 0 Å². The molecule has 0 atom stereocenters. The molecule has 0 N–H and O–H groups in total. The van der Waals surface area contributed by atoms with E-state index in [4.69, 9.17) is 4.98 Å². The molecule has 9 rings (SSSR count). The normalized spacial score (nSPS) is 10.9. The number of carbonyl (C=O) groups is 2. The van der Waals surface area contributed by atoms with E-state index in [1.807, 2.05) is 146 Å². The van der Waals surface area contributed by atoms with Crippen molar-refractivity contribution in [2.24, 2.45) is 0 Å². The van der Waals surface area contributed by atoms with Crippen LogP contribution in [0.25, 0.3) is 67.0 Å². The Kier molecular flexibility index (Phi) is 10.0. The maximum Gasteiger partial charge on any atom is 0.193 e. The van der Waals surface area contributed by atoms with Crippen molar-refractivity contribution in [2.75, 3.05) is 0 Å². The van der Waals surface area contributed by atoms with E-state index in [1.54, 1.807) is 0 Å². The Bertz CT molecular complexity index is 2670. The number of nitrogens with zero attached hydrogens (tertiary/aromatic N) is 1. The summed E-state index contributed by atoms with van der Waals surface area (Å²) in [5, 5.41) is 0. The Morgan fingerprint density at radius 3 is 0.948 bits per heavy atom. The molecule has 0 spiro atoms. The summed E-state index contributed by atoms with van der Waals surface area (Å²) >= 11 is 0. The van der Waals surface area contributed by atoms with E-state index in [1.165, 1.54) is 0 Å². The molecule has 0 saturated heterocycles. The standard InChI is InChI=1S/C55H37NO2/c57-54(44-21-9-3-10-22-44)48-27-15-13-25-46(48)50-37-51(47-26-14-16-28-49(47)55(58)45-23-11-4-12-24-45)53(43-35-31-41(32-36-43)39-19-7-2-8-20-39)56-52(50)42-33-29-40(30-34-42)38-17-5-1-6-18-38/h1-37H. The van der Waals surface area contributed by atoms with Crippen molar-refractivity contribution in [3.63, 3.8) is 0 Å². The van der Waals surface area contributed by atoms with Crippen molar-refractivity contribution < 1.29 is 9.59 Å². The maximum absolute atomic E-state index is 14.3. The smallest absolute Gasteiger partial charge is 0.193 e. The van der Waals surface area contributed by atoms with E-state index >= 15 is 0 Å². The SMILES string of the molecule is O=C(c1ccccc1)c1ccccc1-c1cc(-c2ccccc2C(=O)c2ccccc2)c(-c2ccc(-c3ccccc3)cc2)nc1-c1ccc(-c2ccccc2)cc1. The molecule has 0 fully saturated rings. The molecule has 0 unspecified atom stereocenters. The molecule has 3 nitrogen and oxygen atoms in total. The van der Waals surface area contributed by atoms with Gasteiger partial charge in [0.25, 0.3) is 0 Å². The molecule has 58 heavy (non-hydrogen) atoms. The van der Waals surface area contributed by atoms with Crippen molar-refractivity contribution in [3.8, 4) is 67.0 Å². The lowest BCUT2D eigenvalue weighted by molar-refractivity contribution is 0.103. The van der Waals surface area contributed by atoms with Crippen LogP contribution in [0.4, 0.5) is 0 Å². The van der Waals surface area contributed by atoms with Crippen LogP contribution in [0.2, 0.25) is 0 Å².